The smallest absolute Gasteiger partial charge is 0.180 e. The van der Waals surface area contributed by atoms with Crippen LogP contribution in [0.25, 0.3) is 33.4 Å². The summed E-state index contributed by atoms with van der Waals surface area (Å²) >= 11 is 0. The summed E-state index contributed by atoms with van der Waals surface area (Å²) in [6, 6.07) is 21.7. The van der Waals surface area contributed by atoms with Crippen molar-refractivity contribution in [2.75, 3.05) is 5.32 Å². The summed E-state index contributed by atoms with van der Waals surface area (Å²) in [5.41, 5.74) is 4.37. The number of benzene rings is 2. The zero-order valence-corrected chi connectivity index (χ0v) is 14.7. The summed E-state index contributed by atoms with van der Waals surface area (Å²) in [5.74, 6) is 1.35. The van der Waals surface area contributed by atoms with Crippen molar-refractivity contribution in [3.63, 3.8) is 0 Å². The minimum absolute atomic E-state index is 0.601. The van der Waals surface area contributed by atoms with Gasteiger partial charge in [-0.25, -0.2) is 15.0 Å². The fraction of sp³-hybridized carbons (Fsp3) is 0.0455. The van der Waals surface area contributed by atoms with E-state index in [-0.39, 0.29) is 0 Å². The molecule has 0 amide bonds. The van der Waals surface area contributed by atoms with E-state index in [0.717, 1.165) is 44.8 Å². The molecular formula is C22H16N4O. The lowest BCUT2D eigenvalue weighted by molar-refractivity contribution is 0.616. The van der Waals surface area contributed by atoms with Crippen LogP contribution in [0.15, 0.2) is 77.4 Å². The molecule has 0 aliphatic rings. The summed E-state index contributed by atoms with van der Waals surface area (Å²) in [4.78, 5) is 14.0. The van der Waals surface area contributed by atoms with E-state index < -0.39 is 0 Å². The van der Waals surface area contributed by atoms with Crippen LogP contribution >= 0.6 is 0 Å². The molecule has 130 valence electrons. The molecule has 1 N–H and O–H groups in total. The van der Waals surface area contributed by atoms with Crippen molar-refractivity contribution in [2.24, 2.45) is 0 Å². The molecule has 3 heterocycles. The number of pyridine rings is 1. The number of nitrogens with one attached hydrogen (secondary N) is 1. The van der Waals surface area contributed by atoms with Crippen molar-refractivity contribution in [3.8, 4) is 11.5 Å². The van der Waals surface area contributed by atoms with E-state index in [9.17, 15) is 0 Å². The lowest BCUT2D eigenvalue weighted by Crippen LogP contribution is -2.00. The van der Waals surface area contributed by atoms with Gasteiger partial charge in [-0.2, -0.15) is 0 Å². The molecule has 5 nitrogen and oxygen atoms in total. The molecule has 0 aliphatic heterocycles. The first kappa shape index (κ1) is 15.5. The Kier molecular flexibility index (Phi) is 3.57. The molecule has 0 spiro atoms. The van der Waals surface area contributed by atoms with Crippen LogP contribution in [0.2, 0.25) is 0 Å². The maximum atomic E-state index is 5.42. The molecular weight excluding hydrogens is 336 g/mol. The molecule has 27 heavy (non-hydrogen) atoms. The van der Waals surface area contributed by atoms with Crippen LogP contribution in [0.4, 0.5) is 11.5 Å². The fourth-order valence-corrected chi connectivity index (χ4v) is 3.14. The monoisotopic (exact) mass is 352 g/mol. The third kappa shape index (κ3) is 2.89. The van der Waals surface area contributed by atoms with Gasteiger partial charge in [0.1, 0.15) is 17.1 Å². The molecule has 0 unspecified atom stereocenters. The van der Waals surface area contributed by atoms with Gasteiger partial charge in [-0.15, -0.1) is 0 Å². The number of aryl methyl sites for hydroxylation is 1. The maximum absolute atomic E-state index is 5.42. The van der Waals surface area contributed by atoms with Crippen LogP contribution in [-0.4, -0.2) is 15.0 Å². The molecule has 0 bridgehead atoms. The summed E-state index contributed by atoms with van der Waals surface area (Å²) in [5, 5.41) is 5.43. The first-order valence-electron chi connectivity index (χ1n) is 8.71. The Balaban J connectivity index is 1.65. The first-order valence-corrected chi connectivity index (χ1v) is 8.71. The van der Waals surface area contributed by atoms with Crippen LogP contribution in [0.5, 0.6) is 0 Å². The minimum Gasteiger partial charge on any atom is -0.464 e. The Morgan fingerprint density at radius 1 is 0.852 bits per heavy atom. The van der Waals surface area contributed by atoms with Gasteiger partial charge in [0.2, 0.25) is 0 Å². The normalized spacial score (nSPS) is 11.1. The highest BCUT2D eigenvalue weighted by atomic mass is 16.3. The topological polar surface area (TPSA) is 63.8 Å². The fourth-order valence-electron chi connectivity index (χ4n) is 3.14. The van der Waals surface area contributed by atoms with E-state index >= 15 is 0 Å². The molecule has 0 saturated heterocycles. The van der Waals surface area contributed by atoms with Gasteiger partial charge in [0.15, 0.2) is 5.82 Å². The van der Waals surface area contributed by atoms with Crippen molar-refractivity contribution >= 4 is 33.4 Å². The van der Waals surface area contributed by atoms with Crippen LogP contribution in [0.1, 0.15) is 5.69 Å². The van der Waals surface area contributed by atoms with Crippen LogP contribution < -0.4 is 5.32 Å². The van der Waals surface area contributed by atoms with Crippen molar-refractivity contribution in [1.82, 2.24) is 15.0 Å². The first-order chi connectivity index (χ1) is 13.3. The summed E-state index contributed by atoms with van der Waals surface area (Å²) in [7, 11) is 0. The predicted molar refractivity (Wildman–Crippen MR) is 107 cm³/mol. The van der Waals surface area contributed by atoms with Gasteiger partial charge in [-0.3, -0.25) is 0 Å². The highest BCUT2D eigenvalue weighted by molar-refractivity contribution is 5.93. The van der Waals surface area contributed by atoms with E-state index in [2.05, 4.69) is 10.3 Å². The average Bonchev–Trinajstić information content (AvgIpc) is 3.16. The molecule has 0 saturated carbocycles. The number of rotatable bonds is 3. The Morgan fingerprint density at radius 3 is 2.70 bits per heavy atom. The molecule has 5 aromatic rings. The number of anilines is 2. The van der Waals surface area contributed by atoms with Gasteiger partial charge < -0.3 is 9.73 Å². The van der Waals surface area contributed by atoms with Gasteiger partial charge in [0.05, 0.1) is 11.8 Å². The second kappa shape index (κ2) is 6.21. The molecule has 5 rings (SSSR count). The molecule has 0 aliphatic carbocycles. The second-order valence-corrected chi connectivity index (χ2v) is 6.38. The van der Waals surface area contributed by atoms with Gasteiger partial charge in [0.25, 0.3) is 0 Å². The van der Waals surface area contributed by atoms with Crippen LogP contribution in [0.3, 0.4) is 0 Å². The van der Waals surface area contributed by atoms with Gasteiger partial charge in [-0.05, 0) is 55.5 Å². The zero-order valence-electron chi connectivity index (χ0n) is 14.7. The molecule has 0 fully saturated rings. The van der Waals surface area contributed by atoms with Gasteiger partial charge in [-0.1, -0.05) is 18.2 Å². The third-order valence-corrected chi connectivity index (χ3v) is 4.44. The Bertz CT molecular complexity index is 1280. The van der Waals surface area contributed by atoms with E-state index in [4.69, 9.17) is 14.4 Å². The van der Waals surface area contributed by atoms with E-state index in [1.165, 1.54) is 0 Å². The summed E-state index contributed by atoms with van der Waals surface area (Å²) in [6.45, 7) is 1.96. The average molecular weight is 352 g/mol. The lowest BCUT2D eigenvalue weighted by atomic mass is 10.2. The largest absolute Gasteiger partial charge is 0.464 e. The molecule has 2 aromatic carbocycles. The van der Waals surface area contributed by atoms with Crippen molar-refractivity contribution in [3.05, 3.63) is 78.7 Å². The molecule has 5 heteroatoms. The van der Waals surface area contributed by atoms with Crippen LogP contribution in [0, 0.1) is 6.92 Å². The second-order valence-electron chi connectivity index (χ2n) is 6.38. The number of aromatic nitrogens is 3. The highest BCUT2D eigenvalue weighted by Crippen LogP contribution is 2.28. The Hall–Kier alpha value is -3.73. The SMILES string of the molecule is Cc1cccc(-c2nc(Nc3ccc4occc4c3)c3ccccc3n2)n1. The van der Waals surface area contributed by atoms with Gasteiger partial charge in [0, 0.05) is 22.2 Å². The molecule has 3 aromatic heterocycles. The number of hydrogen-bond donors (Lipinski definition) is 1. The summed E-state index contributed by atoms with van der Waals surface area (Å²) < 4.78 is 5.42. The Morgan fingerprint density at radius 2 is 1.78 bits per heavy atom. The lowest BCUT2D eigenvalue weighted by Gasteiger charge is -2.11. The number of nitrogens with zero attached hydrogens (tertiary/aromatic N) is 3. The third-order valence-electron chi connectivity index (χ3n) is 4.44. The zero-order chi connectivity index (χ0) is 18.2. The maximum Gasteiger partial charge on any atom is 0.180 e. The predicted octanol–water partition coefficient (Wildman–Crippen LogP) is 5.49. The van der Waals surface area contributed by atoms with Crippen molar-refractivity contribution < 1.29 is 4.42 Å². The quantitative estimate of drug-likeness (QED) is 0.465. The number of fused-ring (bicyclic) bond motifs is 2. The van der Waals surface area contributed by atoms with Crippen molar-refractivity contribution in [1.29, 1.82) is 0 Å². The van der Waals surface area contributed by atoms with E-state index in [0.29, 0.717) is 5.82 Å². The summed E-state index contributed by atoms with van der Waals surface area (Å²) in [6.07, 6.45) is 1.69. The van der Waals surface area contributed by atoms with Gasteiger partial charge >= 0.3 is 0 Å². The number of hydrogen-bond acceptors (Lipinski definition) is 5. The minimum atomic E-state index is 0.601. The standard InChI is InChI=1S/C22H16N4O/c1-14-5-4-8-19(23-14)22-25-18-7-3-2-6-17(18)21(26-22)24-16-9-10-20-15(13-16)11-12-27-20/h2-13H,1H3,(H,24,25,26). The molecule has 0 atom stereocenters. The van der Waals surface area contributed by atoms with E-state index in [1.54, 1.807) is 6.26 Å². The Labute approximate surface area is 155 Å². The number of furan rings is 1. The van der Waals surface area contributed by atoms with Crippen molar-refractivity contribution in [2.45, 2.75) is 6.92 Å². The number of para-hydroxylation sites is 1. The van der Waals surface area contributed by atoms with Crippen LogP contribution in [-0.2, 0) is 0 Å². The molecule has 0 radical (unpaired) electrons. The van der Waals surface area contributed by atoms with E-state index in [1.807, 2.05) is 73.7 Å². The highest BCUT2D eigenvalue weighted by Gasteiger charge is 2.11.